The van der Waals surface area contributed by atoms with Crippen LogP contribution in [0.1, 0.15) is 18.9 Å². The van der Waals surface area contributed by atoms with Crippen LogP contribution < -0.4 is 0 Å². The normalized spacial score (nSPS) is 12.2. The van der Waals surface area contributed by atoms with Crippen molar-refractivity contribution < 1.29 is 14.1 Å². The molecule has 1 aromatic rings. The average molecular weight is 274 g/mol. The molecular weight excluding hydrogens is 261 g/mol. The van der Waals surface area contributed by atoms with Gasteiger partial charge >= 0.3 is 5.69 Å². The SMILES string of the molecule is CC(=O)C(CCCl)Cc1ccc([N+](=O)[O-])c(F)c1. The number of hydrogen-bond donors (Lipinski definition) is 0. The van der Waals surface area contributed by atoms with Crippen molar-refractivity contribution in [2.75, 3.05) is 5.88 Å². The van der Waals surface area contributed by atoms with Crippen LogP contribution in [0.3, 0.4) is 0 Å². The largest absolute Gasteiger partial charge is 0.304 e. The van der Waals surface area contributed by atoms with E-state index in [0.717, 1.165) is 12.1 Å². The molecule has 0 bridgehead atoms. The molecule has 0 radical (unpaired) electrons. The number of nitro benzene ring substituents is 1. The first-order chi connectivity index (χ1) is 8.45. The van der Waals surface area contributed by atoms with Gasteiger partial charge in [-0.2, -0.15) is 4.39 Å². The predicted octanol–water partition coefficient (Wildman–Crippen LogP) is 3.11. The van der Waals surface area contributed by atoms with E-state index in [-0.39, 0.29) is 11.7 Å². The molecule has 1 rings (SSSR count). The highest BCUT2D eigenvalue weighted by atomic mass is 35.5. The fourth-order valence-corrected chi connectivity index (χ4v) is 1.95. The second-order valence-electron chi connectivity index (χ2n) is 4.03. The van der Waals surface area contributed by atoms with E-state index in [1.165, 1.54) is 13.0 Å². The average Bonchev–Trinajstić information content (AvgIpc) is 2.27. The van der Waals surface area contributed by atoms with Crippen molar-refractivity contribution in [2.24, 2.45) is 5.92 Å². The Morgan fingerprint density at radius 1 is 1.56 bits per heavy atom. The van der Waals surface area contributed by atoms with Crippen molar-refractivity contribution in [2.45, 2.75) is 19.8 Å². The third kappa shape index (κ3) is 3.77. The van der Waals surface area contributed by atoms with Gasteiger partial charge in [-0.3, -0.25) is 14.9 Å². The predicted molar refractivity (Wildman–Crippen MR) is 66.3 cm³/mol. The lowest BCUT2D eigenvalue weighted by Gasteiger charge is -2.12. The standard InChI is InChI=1S/C12H13ClFNO3/c1-8(16)10(4-5-13)6-9-2-3-12(15(17)18)11(14)7-9/h2-3,7,10H,4-6H2,1H3. The monoisotopic (exact) mass is 273 g/mol. The molecule has 0 heterocycles. The van der Waals surface area contributed by atoms with E-state index in [4.69, 9.17) is 11.6 Å². The number of rotatable bonds is 6. The number of nitrogens with zero attached hydrogens (tertiary/aromatic N) is 1. The molecule has 0 fully saturated rings. The first kappa shape index (κ1) is 14.6. The van der Waals surface area contributed by atoms with Gasteiger partial charge in [0, 0.05) is 17.9 Å². The van der Waals surface area contributed by atoms with E-state index in [0.29, 0.717) is 24.3 Å². The van der Waals surface area contributed by atoms with Crippen LogP contribution in [0.2, 0.25) is 0 Å². The topological polar surface area (TPSA) is 60.2 Å². The summed E-state index contributed by atoms with van der Waals surface area (Å²) in [5.74, 6) is -0.830. The second kappa shape index (κ2) is 6.44. The lowest BCUT2D eigenvalue weighted by molar-refractivity contribution is -0.387. The number of carbonyl (C=O) groups is 1. The molecule has 0 aliphatic carbocycles. The Morgan fingerprint density at radius 3 is 2.67 bits per heavy atom. The Balaban J connectivity index is 2.88. The van der Waals surface area contributed by atoms with Gasteiger partial charge in [0.2, 0.25) is 5.82 Å². The van der Waals surface area contributed by atoms with Crippen molar-refractivity contribution in [3.05, 3.63) is 39.7 Å². The molecule has 0 aliphatic heterocycles. The molecule has 4 nitrogen and oxygen atoms in total. The maximum Gasteiger partial charge on any atom is 0.304 e. The highest BCUT2D eigenvalue weighted by Crippen LogP contribution is 2.21. The lowest BCUT2D eigenvalue weighted by atomic mass is 9.93. The van der Waals surface area contributed by atoms with Crippen LogP contribution in [-0.2, 0) is 11.2 Å². The van der Waals surface area contributed by atoms with E-state index >= 15 is 0 Å². The van der Waals surface area contributed by atoms with Crippen LogP contribution in [-0.4, -0.2) is 16.6 Å². The van der Waals surface area contributed by atoms with Crippen molar-refractivity contribution in [1.82, 2.24) is 0 Å². The fourth-order valence-electron chi connectivity index (χ4n) is 1.69. The maximum absolute atomic E-state index is 13.4. The van der Waals surface area contributed by atoms with E-state index in [1.807, 2.05) is 0 Å². The third-order valence-electron chi connectivity index (χ3n) is 2.72. The van der Waals surface area contributed by atoms with Crippen LogP contribution in [0.5, 0.6) is 0 Å². The quantitative estimate of drug-likeness (QED) is 0.454. The number of hydrogen-bond acceptors (Lipinski definition) is 3. The molecule has 0 amide bonds. The van der Waals surface area contributed by atoms with Crippen molar-refractivity contribution in [1.29, 1.82) is 0 Å². The highest BCUT2D eigenvalue weighted by Gasteiger charge is 2.18. The summed E-state index contributed by atoms with van der Waals surface area (Å²) in [4.78, 5) is 21.0. The molecule has 1 aromatic carbocycles. The summed E-state index contributed by atoms with van der Waals surface area (Å²) in [5, 5.41) is 10.5. The van der Waals surface area contributed by atoms with Gasteiger partial charge in [-0.05, 0) is 31.4 Å². The first-order valence-electron chi connectivity index (χ1n) is 5.45. The molecule has 0 spiro atoms. The van der Waals surface area contributed by atoms with Gasteiger partial charge in [-0.25, -0.2) is 0 Å². The summed E-state index contributed by atoms with van der Waals surface area (Å²) in [6.07, 6.45) is 0.854. The molecule has 0 saturated heterocycles. The third-order valence-corrected chi connectivity index (χ3v) is 2.94. The minimum Gasteiger partial charge on any atom is -0.300 e. The zero-order valence-electron chi connectivity index (χ0n) is 9.86. The lowest BCUT2D eigenvalue weighted by Crippen LogP contribution is -2.14. The van der Waals surface area contributed by atoms with Gasteiger partial charge in [0.15, 0.2) is 0 Å². The van der Waals surface area contributed by atoms with Crippen LogP contribution >= 0.6 is 11.6 Å². The fraction of sp³-hybridized carbons (Fsp3) is 0.417. The summed E-state index contributed by atoms with van der Waals surface area (Å²) in [5.41, 5.74) is -0.00103. The Bertz CT molecular complexity index is 465. The first-order valence-corrected chi connectivity index (χ1v) is 5.98. The zero-order valence-corrected chi connectivity index (χ0v) is 10.6. The van der Waals surface area contributed by atoms with Crippen molar-refractivity contribution in [3.63, 3.8) is 0 Å². The van der Waals surface area contributed by atoms with Gasteiger partial charge in [0.05, 0.1) is 4.92 Å². The number of Topliss-reactive ketones (excluding diaryl/α,β-unsaturated/α-hetero) is 1. The van der Waals surface area contributed by atoms with E-state index < -0.39 is 16.4 Å². The summed E-state index contributed by atoms with van der Waals surface area (Å²) in [7, 11) is 0. The molecule has 6 heteroatoms. The Hall–Kier alpha value is -1.49. The Labute approximate surface area is 109 Å². The number of halogens is 2. The number of alkyl halides is 1. The van der Waals surface area contributed by atoms with Gasteiger partial charge in [0.1, 0.15) is 5.78 Å². The Morgan fingerprint density at radius 2 is 2.22 bits per heavy atom. The Kier molecular flexibility index (Phi) is 5.22. The minimum atomic E-state index is -0.884. The van der Waals surface area contributed by atoms with Crippen LogP contribution in [0.15, 0.2) is 18.2 Å². The molecule has 0 aromatic heterocycles. The summed E-state index contributed by atoms with van der Waals surface area (Å²) in [6.45, 7) is 1.46. The molecule has 98 valence electrons. The number of nitro groups is 1. The van der Waals surface area contributed by atoms with Crippen molar-refractivity contribution in [3.8, 4) is 0 Å². The van der Waals surface area contributed by atoms with Gasteiger partial charge in [-0.15, -0.1) is 11.6 Å². The number of ketones is 1. The molecule has 18 heavy (non-hydrogen) atoms. The number of benzene rings is 1. The maximum atomic E-state index is 13.4. The number of carbonyl (C=O) groups excluding carboxylic acids is 1. The summed E-state index contributed by atoms with van der Waals surface area (Å²) >= 11 is 5.59. The molecule has 0 saturated carbocycles. The zero-order chi connectivity index (χ0) is 13.7. The highest BCUT2D eigenvalue weighted by molar-refractivity contribution is 6.18. The molecule has 0 aliphatic rings. The van der Waals surface area contributed by atoms with Crippen LogP contribution in [0, 0.1) is 21.8 Å². The molecular formula is C12H13ClFNO3. The molecule has 1 unspecified atom stereocenters. The van der Waals surface area contributed by atoms with E-state index in [1.54, 1.807) is 0 Å². The van der Waals surface area contributed by atoms with Gasteiger partial charge in [-0.1, -0.05) is 6.07 Å². The van der Waals surface area contributed by atoms with Gasteiger partial charge in [0.25, 0.3) is 0 Å². The smallest absolute Gasteiger partial charge is 0.300 e. The van der Waals surface area contributed by atoms with Crippen molar-refractivity contribution >= 4 is 23.1 Å². The van der Waals surface area contributed by atoms with E-state index in [2.05, 4.69) is 0 Å². The van der Waals surface area contributed by atoms with Gasteiger partial charge < -0.3 is 0 Å². The molecule has 0 N–H and O–H groups in total. The molecule has 1 atom stereocenters. The van der Waals surface area contributed by atoms with Crippen LogP contribution in [0.25, 0.3) is 0 Å². The second-order valence-corrected chi connectivity index (χ2v) is 4.41. The minimum absolute atomic E-state index is 0.0191. The summed E-state index contributed by atoms with van der Waals surface area (Å²) < 4.78 is 13.4. The van der Waals surface area contributed by atoms with E-state index in [9.17, 15) is 19.3 Å². The van der Waals surface area contributed by atoms with Crippen LogP contribution in [0.4, 0.5) is 10.1 Å². The summed E-state index contributed by atoms with van der Waals surface area (Å²) in [6, 6.07) is 3.68.